The molecule has 17 heavy (non-hydrogen) atoms. The average Bonchev–Trinajstić information content (AvgIpc) is 2.70. The molecule has 1 aliphatic rings. The zero-order valence-corrected chi connectivity index (χ0v) is 9.93. The number of hydrogen-bond acceptors (Lipinski definition) is 4. The number of aromatic nitrogens is 2. The highest BCUT2D eigenvalue weighted by Gasteiger charge is 2.13. The van der Waals surface area contributed by atoms with Crippen LogP contribution in [0.2, 0.25) is 0 Å². The van der Waals surface area contributed by atoms with Gasteiger partial charge in [0.1, 0.15) is 0 Å². The van der Waals surface area contributed by atoms with Crippen molar-refractivity contribution < 1.29 is 14.6 Å². The monoisotopic (exact) mass is 239 g/mol. The molecule has 0 bridgehead atoms. The average molecular weight is 239 g/mol. The van der Waals surface area contributed by atoms with Crippen LogP contribution in [0.5, 0.6) is 0 Å². The lowest BCUT2D eigenvalue weighted by Gasteiger charge is -2.26. The van der Waals surface area contributed by atoms with Gasteiger partial charge in [0.25, 0.3) is 0 Å². The molecule has 94 valence electrons. The summed E-state index contributed by atoms with van der Waals surface area (Å²) in [7, 11) is 0. The lowest BCUT2D eigenvalue weighted by atomic mass is 10.4. The predicted molar refractivity (Wildman–Crippen MR) is 61.2 cm³/mol. The number of aromatic carboxylic acids is 1. The van der Waals surface area contributed by atoms with Crippen molar-refractivity contribution in [3.05, 3.63) is 17.5 Å². The molecular formula is C11H17N3O3. The summed E-state index contributed by atoms with van der Waals surface area (Å²) in [6, 6.07) is 1.60. The van der Waals surface area contributed by atoms with Gasteiger partial charge in [-0.25, -0.2) is 4.79 Å². The maximum Gasteiger partial charge on any atom is 0.356 e. The Morgan fingerprint density at radius 1 is 1.47 bits per heavy atom. The Hall–Kier alpha value is -1.40. The predicted octanol–water partition coefficient (Wildman–Crippen LogP) is 0.222. The van der Waals surface area contributed by atoms with Crippen molar-refractivity contribution in [1.29, 1.82) is 0 Å². The second-order valence-electron chi connectivity index (χ2n) is 4.15. The van der Waals surface area contributed by atoms with Gasteiger partial charge in [-0.3, -0.25) is 9.58 Å². The number of nitrogens with zero attached hydrogens (tertiary/aromatic N) is 3. The third-order valence-corrected chi connectivity index (χ3v) is 2.93. The van der Waals surface area contributed by atoms with Gasteiger partial charge in [0.05, 0.1) is 19.8 Å². The molecule has 0 radical (unpaired) electrons. The fourth-order valence-corrected chi connectivity index (χ4v) is 1.90. The Labute approximate surface area is 99.8 Å². The minimum absolute atomic E-state index is 0.115. The highest BCUT2D eigenvalue weighted by atomic mass is 16.5. The molecule has 0 aromatic carbocycles. The molecule has 0 saturated carbocycles. The van der Waals surface area contributed by atoms with Gasteiger partial charge in [0.15, 0.2) is 5.69 Å². The maximum absolute atomic E-state index is 10.8. The molecule has 1 saturated heterocycles. The van der Waals surface area contributed by atoms with Gasteiger partial charge in [-0.1, -0.05) is 0 Å². The van der Waals surface area contributed by atoms with Crippen LogP contribution in [-0.2, 0) is 11.3 Å². The minimum atomic E-state index is -0.974. The number of carbonyl (C=O) groups is 1. The molecule has 1 aromatic heterocycles. The van der Waals surface area contributed by atoms with Gasteiger partial charge < -0.3 is 9.84 Å². The minimum Gasteiger partial charge on any atom is -0.476 e. The van der Waals surface area contributed by atoms with Gasteiger partial charge in [-0.05, 0) is 13.0 Å². The van der Waals surface area contributed by atoms with E-state index in [0.717, 1.165) is 45.1 Å². The molecule has 2 heterocycles. The fraction of sp³-hybridized carbons (Fsp3) is 0.636. The lowest BCUT2D eigenvalue weighted by molar-refractivity contribution is 0.0359. The maximum atomic E-state index is 10.8. The molecule has 2 rings (SSSR count). The van der Waals surface area contributed by atoms with Crippen molar-refractivity contribution in [2.45, 2.75) is 13.5 Å². The molecule has 1 fully saturated rings. The Bertz CT molecular complexity index is 397. The largest absolute Gasteiger partial charge is 0.476 e. The molecule has 0 unspecified atom stereocenters. The van der Waals surface area contributed by atoms with E-state index in [0.29, 0.717) is 0 Å². The second kappa shape index (κ2) is 5.29. The molecule has 0 atom stereocenters. The molecule has 6 heteroatoms. The smallest absolute Gasteiger partial charge is 0.356 e. The lowest BCUT2D eigenvalue weighted by Crippen LogP contribution is -2.38. The quantitative estimate of drug-likeness (QED) is 0.814. The summed E-state index contributed by atoms with van der Waals surface area (Å²) in [6.07, 6.45) is 0. The third-order valence-electron chi connectivity index (χ3n) is 2.93. The second-order valence-corrected chi connectivity index (χ2v) is 4.15. The van der Waals surface area contributed by atoms with Gasteiger partial charge in [0, 0.05) is 25.3 Å². The first-order chi connectivity index (χ1) is 8.16. The van der Waals surface area contributed by atoms with Crippen LogP contribution in [-0.4, -0.2) is 58.6 Å². The van der Waals surface area contributed by atoms with Crippen LogP contribution in [0.4, 0.5) is 0 Å². The number of ether oxygens (including phenoxy) is 1. The van der Waals surface area contributed by atoms with E-state index in [1.54, 1.807) is 10.7 Å². The van der Waals surface area contributed by atoms with E-state index < -0.39 is 5.97 Å². The topological polar surface area (TPSA) is 67.6 Å². The van der Waals surface area contributed by atoms with E-state index >= 15 is 0 Å². The van der Waals surface area contributed by atoms with E-state index in [4.69, 9.17) is 9.84 Å². The van der Waals surface area contributed by atoms with Crippen molar-refractivity contribution in [3.8, 4) is 0 Å². The van der Waals surface area contributed by atoms with E-state index in [-0.39, 0.29) is 5.69 Å². The first-order valence-electron chi connectivity index (χ1n) is 5.74. The van der Waals surface area contributed by atoms with Crippen LogP contribution in [0.25, 0.3) is 0 Å². The summed E-state index contributed by atoms with van der Waals surface area (Å²) in [5, 5.41) is 12.9. The summed E-state index contributed by atoms with van der Waals surface area (Å²) >= 11 is 0. The van der Waals surface area contributed by atoms with Gasteiger partial charge in [0.2, 0.25) is 0 Å². The fourth-order valence-electron chi connectivity index (χ4n) is 1.90. The Morgan fingerprint density at radius 2 is 2.18 bits per heavy atom. The molecule has 1 aliphatic heterocycles. The van der Waals surface area contributed by atoms with Crippen molar-refractivity contribution >= 4 is 5.97 Å². The molecule has 0 aliphatic carbocycles. The summed E-state index contributed by atoms with van der Waals surface area (Å²) in [5.41, 5.74) is 1.00. The van der Waals surface area contributed by atoms with Crippen LogP contribution in [0, 0.1) is 6.92 Å². The van der Waals surface area contributed by atoms with E-state index in [1.807, 2.05) is 6.92 Å². The van der Waals surface area contributed by atoms with E-state index in [9.17, 15) is 4.79 Å². The normalized spacial score (nSPS) is 17.2. The highest BCUT2D eigenvalue weighted by Crippen LogP contribution is 2.04. The highest BCUT2D eigenvalue weighted by molar-refractivity contribution is 5.85. The number of carboxylic acid groups (broad SMARTS) is 1. The van der Waals surface area contributed by atoms with Crippen LogP contribution in [0.1, 0.15) is 16.2 Å². The number of hydrogen-bond donors (Lipinski definition) is 1. The van der Waals surface area contributed by atoms with E-state index in [1.165, 1.54) is 0 Å². The Balaban J connectivity index is 1.91. The molecule has 1 aromatic rings. The summed E-state index contributed by atoms with van der Waals surface area (Å²) < 4.78 is 7.02. The number of rotatable bonds is 4. The standard InChI is InChI=1S/C11H17N3O3/c1-9-8-10(11(15)16)12-14(9)3-2-13-4-6-17-7-5-13/h8H,2-7H2,1H3,(H,15,16). The Kier molecular flexibility index (Phi) is 3.75. The number of morpholine rings is 1. The zero-order chi connectivity index (χ0) is 12.3. The van der Waals surface area contributed by atoms with Crippen molar-refractivity contribution in [2.24, 2.45) is 0 Å². The van der Waals surface area contributed by atoms with Crippen molar-refractivity contribution in [3.63, 3.8) is 0 Å². The van der Waals surface area contributed by atoms with Gasteiger partial charge in [-0.2, -0.15) is 5.10 Å². The summed E-state index contributed by atoms with van der Waals surface area (Å²) in [5.74, 6) is -0.974. The van der Waals surface area contributed by atoms with Crippen LogP contribution < -0.4 is 0 Å². The Morgan fingerprint density at radius 3 is 2.76 bits per heavy atom. The molecule has 6 nitrogen and oxygen atoms in total. The number of aryl methyl sites for hydroxylation is 1. The first kappa shape index (κ1) is 12.1. The molecular weight excluding hydrogens is 222 g/mol. The van der Waals surface area contributed by atoms with Crippen molar-refractivity contribution in [2.75, 3.05) is 32.8 Å². The number of carboxylic acids is 1. The molecule has 1 N–H and O–H groups in total. The van der Waals surface area contributed by atoms with Crippen LogP contribution >= 0.6 is 0 Å². The van der Waals surface area contributed by atoms with Crippen LogP contribution in [0.3, 0.4) is 0 Å². The first-order valence-corrected chi connectivity index (χ1v) is 5.74. The third kappa shape index (κ3) is 3.04. The van der Waals surface area contributed by atoms with Crippen molar-refractivity contribution in [1.82, 2.24) is 14.7 Å². The van der Waals surface area contributed by atoms with E-state index in [2.05, 4.69) is 10.00 Å². The SMILES string of the molecule is Cc1cc(C(=O)O)nn1CCN1CCOCC1. The van der Waals surface area contributed by atoms with Crippen LogP contribution in [0.15, 0.2) is 6.07 Å². The zero-order valence-electron chi connectivity index (χ0n) is 9.93. The van der Waals surface area contributed by atoms with Gasteiger partial charge in [-0.15, -0.1) is 0 Å². The summed E-state index contributed by atoms with van der Waals surface area (Å²) in [4.78, 5) is 13.1. The van der Waals surface area contributed by atoms with Gasteiger partial charge >= 0.3 is 5.97 Å². The molecule has 0 amide bonds. The molecule has 0 spiro atoms. The summed E-state index contributed by atoms with van der Waals surface area (Å²) in [6.45, 7) is 6.90.